The molecule has 25 heavy (non-hydrogen) atoms. The third-order valence-electron chi connectivity index (χ3n) is 4.31. The van der Waals surface area contributed by atoms with Crippen LogP contribution >= 0.6 is 0 Å². The number of carbonyl (C=O) groups is 3. The summed E-state index contributed by atoms with van der Waals surface area (Å²) in [7, 11) is 2.39. The maximum absolute atomic E-state index is 12.6. The van der Waals surface area contributed by atoms with Gasteiger partial charge in [-0.1, -0.05) is 12.8 Å². The molecule has 2 aliphatic rings. The van der Waals surface area contributed by atoms with Crippen LogP contribution in [0.2, 0.25) is 0 Å². The van der Waals surface area contributed by atoms with Gasteiger partial charge in [-0.3, -0.25) is 0 Å². The van der Waals surface area contributed by atoms with Crippen molar-refractivity contribution in [2.45, 2.75) is 51.6 Å². The van der Waals surface area contributed by atoms with E-state index >= 15 is 0 Å². The standard InChI is InChI=1S/C18H24O7/c1-4-24-17(20)13-11-9-7-5-6-8-10-12(11)25-15(18(21)23-3)14(13)16(19)22-2/h15H,4-10H2,1-3H3. The summed E-state index contributed by atoms with van der Waals surface area (Å²) in [5.41, 5.74) is 0.582. The minimum Gasteiger partial charge on any atom is -0.478 e. The summed E-state index contributed by atoms with van der Waals surface area (Å²) >= 11 is 0. The van der Waals surface area contributed by atoms with Gasteiger partial charge in [0.15, 0.2) is 0 Å². The molecule has 138 valence electrons. The molecule has 1 atom stereocenters. The van der Waals surface area contributed by atoms with Crippen molar-refractivity contribution < 1.29 is 33.3 Å². The first-order valence-corrected chi connectivity index (χ1v) is 8.51. The number of hydrogen-bond donors (Lipinski definition) is 0. The van der Waals surface area contributed by atoms with E-state index in [1.165, 1.54) is 14.2 Å². The topological polar surface area (TPSA) is 88.1 Å². The highest BCUT2D eigenvalue weighted by atomic mass is 16.6. The molecule has 0 aromatic rings. The van der Waals surface area contributed by atoms with Gasteiger partial charge < -0.3 is 18.9 Å². The van der Waals surface area contributed by atoms with Crippen LogP contribution in [0, 0.1) is 0 Å². The highest BCUT2D eigenvalue weighted by Crippen LogP contribution is 2.38. The minimum absolute atomic E-state index is 0.0900. The van der Waals surface area contributed by atoms with E-state index in [0.29, 0.717) is 24.2 Å². The normalized spacial score (nSPS) is 20.7. The van der Waals surface area contributed by atoms with Gasteiger partial charge in [0.05, 0.1) is 26.4 Å². The Morgan fingerprint density at radius 1 is 1.00 bits per heavy atom. The Bertz CT molecular complexity index is 615. The molecule has 0 N–H and O–H groups in total. The summed E-state index contributed by atoms with van der Waals surface area (Å²) in [4.78, 5) is 37.1. The van der Waals surface area contributed by atoms with E-state index in [2.05, 4.69) is 0 Å². The fraction of sp³-hybridized carbons (Fsp3) is 0.611. The first-order valence-electron chi connectivity index (χ1n) is 8.51. The van der Waals surface area contributed by atoms with Crippen molar-refractivity contribution in [3.63, 3.8) is 0 Å². The largest absolute Gasteiger partial charge is 0.478 e. The molecule has 0 saturated heterocycles. The van der Waals surface area contributed by atoms with Crippen molar-refractivity contribution in [3.05, 3.63) is 22.5 Å². The van der Waals surface area contributed by atoms with Crippen LogP contribution in [0.1, 0.15) is 45.4 Å². The van der Waals surface area contributed by atoms with Gasteiger partial charge in [0.1, 0.15) is 11.3 Å². The molecule has 0 bridgehead atoms. The Hall–Kier alpha value is -2.31. The van der Waals surface area contributed by atoms with Crippen molar-refractivity contribution in [1.82, 2.24) is 0 Å². The van der Waals surface area contributed by atoms with Gasteiger partial charge >= 0.3 is 17.9 Å². The lowest BCUT2D eigenvalue weighted by atomic mass is 9.86. The van der Waals surface area contributed by atoms with Gasteiger partial charge in [0.25, 0.3) is 0 Å². The van der Waals surface area contributed by atoms with Gasteiger partial charge in [-0.05, 0) is 26.2 Å². The lowest BCUT2D eigenvalue weighted by Gasteiger charge is -2.31. The number of methoxy groups -OCH3 is 2. The van der Waals surface area contributed by atoms with Crippen LogP contribution in [0.5, 0.6) is 0 Å². The number of allylic oxidation sites excluding steroid dienone is 1. The predicted molar refractivity (Wildman–Crippen MR) is 87.3 cm³/mol. The Morgan fingerprint density at radius 3 is 2.28 bits per heavy atom. The first kappa shape index (κ1) is 19.0. The van der Waals surface area contributed by atoms with Gasteiger partial charge in [-0.25, -0.2) is 14.4 Å². The molecular formula is C18H24O7. The molecule has 0 spiro atoms. The molecule has 1 unspecified atom stereocenters. The molecule has 1 aliphatic heterocycles. The van der Waals surface area contributed by atoms with E-state index in [4.69, 9.17) is 18.9 Å². The van der Waals surface area contributed by atoms with Crippen LogP contribution in [0.15, 0.2) is 22.5 Å². The number of rotatable bonds is 4. The molecule has 0 aromatic heterocycles. The Labute approximate surface area is 146 Å². The van der Waals surface area contributed by atoms with Gasteiger partial charge in [0.2, 0.25) is 6.10 Å². The zero-order valence-electron chi connectivity index (χ0n) is 14.9. The number of carbonyl (C=O) groups excluding carboxylic acids is 3. The third kappa shape index (κ3) is 4.03. The monoisotopic (exact) mass is 352 g/mol. The predicted octanol–water partition coefficient (Wildman–Crippen LogP) is 2.20. The van der Waals surface area contributed by atoms with E-state index in [-0.39, 0.29) is 17.8 Å². The van der Waals surface area contributed by atoms with Crippen molar-refractivity contribution in [2.24, 2.45) is 0 Å². The molecule has 0 saturated carbocycles. The van der Waals surface area contributed by atoms with Crippen molar-refractivity contribution in [1.29, 1.82) is 0 Å². The van der Waals surface area contributed by atoms with Gasteiger partial charge in [0, 0.05) is 12.0 Å². The second kappa shape index (κ2) is 8.69. The van der Waals surface area contributed by atoms with Gasteiger partial charge in [-0.15, -0.1) is 0 Å². The zero-order valence-corrected chi connectivity index (χ0v) is 14.9. The summed E-state index contributed by atoms with van der Waals surface area (Å²) in [6.45, 7) is 1.84. The number of esters is 3. The lowest BCUT2D eigenvalue weighted by Crippen LogP contribution is -2.38. The van der Waals surface area contributed by atoms with Crippen LogP contribution in [0.4, 0.5) is 0 Å². The highest BCUT2D eigenvalue weighted by Gasteiger charge is 2.42. The highest BCUT2D eigenvalue weighted by molar-refractivity contribution is 6.08. The molecule has 0 fully saturated rings. The van der Waals surface area contributed by atoms with Gasteiger partial charge in [-0.2, -0.15) is 0 Å². The maximum atomic E-state index is 12.6. The minimum atomic E-state index is -1.32. The number of hydrogen-bond acceptors (Lipinski definition) is 7. The SMILES string of the molecule is CCOC(=O)C1=C(C(=O)OC)C(C(=O)OC)OC2=C1CCCCCC2. The van der Waals surface area contributed by atoms with Crippen molar-refractivity contribution in [2.75, 3.05) is 20.8 Å². The van der Waals surface area contributed by atoms with E-state index in [1.807, 2.05) is 0 Å². The van der Waals surface area contributed by atoms with E-state index in [9.17, 15) is 14.4 Å². The second-order valence-electron chi connectivity index (χ2n) is 5.84. The summed E-state index contributed by atoms with van der Waals surface area (Å²) < 4.78 is 20.5. The summed E-state index contributed by atoms with van der Waals surface area (Å²) in [5, 5.41) is 0. The van der Waals surface area contributed by atoms with Crippen LogP contribution in [0.3, 0.4) is 0 Å². The smallest absolute Gasteiger partial charge is 0.352 e. The average molecular weight is 352 g/mol. The van der Waals surface area contributed by atoms with E-state index < -0.39 is 24.0 Å². The van der Waals surface area contributed by atoms with Crippen LogP contribution < -0.4 is 0 Å². The first-order chi connectivity index (χ1) is 12.0. The fourth-order valence-corrected chi connectivity index (χ4v) is 3.15. The van der Waals surface area contributed by atoms with Crippen LogP contribution in [-0.4, -0.2) is 44.8 Å². The quantitative estimate of drug-likeness (QED) is 0.566. The molecule has 2 rings (SSSR count). The van der Waals surface area contributed by atoms with Crippen LogP contribution in [0.25, 0.3) is 0 Å². The fourth-order valence-electron chi connectivity index (χ4n) is 3.15. The maximum Gasteiger partial charge on any atom is 0.352 e. The van der Waals surface area contributed by atoms with E-state index in [0.717, 1.165) is 25.7 Å². The molecular weight excluding hydrogens is 328 g/mol. The summed E-state index contributed by atoms with van der Waals surface area (Å²) in [6.07, 6.45) is 3.68. The average Bonchev–Trinajstić information content (AvgIpc) is 2.60. The molecule has 0 aromatic carbocycles. The molecule has 1 aliphatic carbocycles. The molecule has 7 nitrogen and oxygen atoms in total. The van der Waals surface area contributed by atoms with Crippen molar-refractivity contribution >= 4 is 17.9 Å². The molecule has 0 radical (unpaired) electrons. The number of ether oxygens (including phenoxy) is 4. The second-order valence-corrected chi connectivity index (χ2v) is 5.84. The van der Waals surface area contributed by atoms with Crippen molar-refractivity contribution in [3.8, 4) is 0 Å². The Kier molecular flexibility index (Phi) is 6.61. The molecule has 1 heterocycles. The zero-order chi connectivity index (χ0) is 18.4. The Balaban J connectivity index is 2.64. The summed E-state index contributed by atoms with van der Waals surface area (Å²) in [6, 6.07) is 0. The molecule has 7 heteroatoms. The lowest BCUT2D eigenvalue weighted by molar-refractivity contribution is -0.153. The van der Waals surface area contributed by atoms with E-state index in [1.54, 1.807) is 6.92 Å². The molecule has 0 amide bonds. The van der Waals surface area contributed by atoms with Crippen LogP contribution in [-0.2, 0) is 33.3 Å². The summed E-state index contributed by atoms with van der Waals surface area (Å²) in [5.74, 6) is -1.64. The third-order valence-corrected chi connectivity index (χ3v) is 4.31. The Morgan fingerprint density at radius 2 is 1.68 bits per heavy atom.